The van der Waals surface area contributed by atoms with Crippen LogP contribution in [0.3, 0.4) is 0 Å². The van der Waals surface area contributed by atoms with Gasteiger partial charge in [0.2, 0.25) is 5.91 Å². The minimum absolute atomic E-state index is 0.0553. The number of aliphatic hydroxyl groups is 1. The Morgan fingerprint density at radius 2 is 2.12 bits per heavy atom. The Balaban J connectivity index is 1.39. The molecule has 10 nitrogen and oxygen atoms in total. The third kappa shape index (κ3) is 4.09. The lowest BCUT2D eigenvalue weighted by Crippen LogP contribution is -2.74. The summed E-state index contributed by atoms with van der Waals surface area (Å²) in [5.41, 5.74) is -0.698. The van der Waals surface area contributed by atoms with Gasteiger partial charge in [-0.15, -0.1) is 22.0 Å². The molecule has 1 aromatic heterocycles. The number of carboxylic acid groups (broad SMARTS) is 1. The molecule has 4 atom stereocenters. The van der Waals surface area contributed by atoms with Crippen LogP contribution in [-0.4, -0.2) is 77.1 Å². The smallest absolute Gasteiger partial charge is 0.313 e. The lowest BCUT2D eigenvalue weighted by molar-refractivity contribution is -0.158. The molecule has 2 aliphatic rings. The topological polar surface area (TPSA) is 138 Å². The van der Waals surface area contributed by atoms with Gasteiger partial charge in [0.15, 0.2) is 11.3 Å². The van der Waals surface area contributed by atoms with Gasteiger partial charge in [-0.05, 0) is 12.5 Å². The maximum atomic E-state index is 12.7. The van der Waals surface area contributed by atoms with Crippen molar-refractivity contribution in [2.45, 2.75) is 36.1 Å². The van der Waals surface area contributed by atoms with Crippen LogP contribution in [0.1, 0.15) is 18.6 Å². The van der Waals surface area contributed by atoms with Crippen LogP contribution in [0.4, 0.5) is 0 Å². The summed E-state index contributed by atoms with van der Waals surface area (Å²) in [6, 6.07) is 7.68. The second-order valence-electron chi connectivity index (χ2n) is 7.74. The van der Waals surface area contributed by atoms with Crippen LogP contribution in [0, 0.1) is 5.41 Å². The van der Waals surface area contributed by atoms with Gasteiger partial charge >= 0.3 is 5.97 Å². The van der Waals surface area contributed by atoms with E-state index in [1.54, 1.807) is 36.7 Å². The lowest BCUT2D eigenvalue weighted by atomic mass is 9.89. The number of aliphatic hydroxyl groups excluding tert-OH is 1. The van der Waals surface area contributed by atoms with Crippen molar-refractivity contribution in [3.05, 3.63) is 42.2 Å². The minimum atomic E-state index is -1.38. The van der Waals surface area contributed by atoms with Crippen molar-refractivity contribution in [2.75, 3.05) is 18.1 Å². The van der Waals surface area contributed by atoms with E-state index in [2.05, 4.69) is 15.5 Å². The maximum absolute atomic E-state index is 12.7. The Labute approximate surface area is 192 Å². The average molecular weight is 478 g/mol. The molecular weight excluding hydrogens is 454 g/mol. The molecule has 2 amide bonds. The lowest BCUT2D eigenvalue weighted by Gasteiger charge is -2.53. The molecule has 3 heterocycles. The normalized spacial score (nSPS) is 25.6. The van der Waals surface area contributed by atoms with Gasteiger partial charge in [-0.3, -0.25) is 14.4 Å². The highest BCUT2D eigenvalue weighted by Gasteiger charge is 2.57. The fourth-order valence-electron chi connectivity index (χ4n) is 3.70. The zero-order valence-electron chi connectivity index (χ0n) is 17.2. The van der Waals surface area contributed by atoms with Crippen LogP contribution in [0.25, 0.3) is 0 Å². The molecule has 1 aromatic carbocycles. The Hall–Kier alpha value is -2.57. The number of carbonyl (C=O) groups excluding carboxylic acids is 2. The van der Waals surface area contributed by atoms with Gasteiger partial charge in [0.25, 0.3) is 5.91 Å². The summed E-state index contributed by atoms with van der Waals surface area (Å²) < 4.78 is 1.83. The van der Waals surface area contributed by atoms with Gasteiger partial charge < -0.3 is 25.0 Å². The van der Waals surface area contributed by atoms with Crippen molar-refractivity contribution in [2.24, 2.45) is 5.41 Å². The molecule has 3 N–H and O–H groups in total. The highest BCUT2D eigenvalue weighted by molar-refractivity contribution is 8.00. The van der Waals surface area contributed by atoms with Crippen LogP contribution in [-0.2, 0) is 20.9 Å². The van der Waals surface area contributed by atoms with Crippen molar-refractivity contribution in [3.63, 3.8) is 0 Å². The number of aryl methyl sites for hydroxylation is 1. The monoisotopic (exact) mass is 477 g/mol. The molecule has 3 unspecified atom stereocenters. The fourth-order valence-corrected chi connectivity index (χ4v) is 6.54. The van der Waals surface area contributed by atoms with E-state index < -0.39 is 29.4 Å². The number of amides is 2. The van der Waals surface area contributed by atoms with E-state index in [-0.39, 0.29) is 29.3 Å². The van der Waals surface area contributed by atoms with Crippen LogP contribution >= 0.6 is 23.5 Å². The molecule has 32 heavy (non-hydrogen) atoms. The Morgan fingerprint density at radius 3 is 2.81 bits per heavy atom. The number of aromatic nitrogens is 3. The van der Waals surface area contributed by atoms with E-state index in [0.717, 1.165) is 0 Å². The maximum Gasteiger partial charge on any atom is 0.313 e. The first-order valence-electron chi connectivity index (χ1n) is 10.1. The number of thioether (sulfide) groups is 2. The average Bonchev–Trinajstić information content (AvgIpc) is 3.28. The van der Waals surface area contributed by atoms with E-state index in [1.807, 2.05) is 11.5 Å². The second kappa shape index (κ2) is 9.12. The molecular formula is C20H23N5O5S2. The zero-order chi connectivity index (χ0) is 22.9. The Kier molecular flexibility index (Phi) is 6.45. The Morgan fingerprint density at radius 1 is 1.38 bits per heavy atom. The highest BCUT2D eigenvalue weighted by Crippen LogP contribution is 2.44. The molecule has 2 fully saturated rings. The molecule has 4 rings (SSSR count). The SMILES string of the molecule is CCn1cnnc1SCC1(C(=O)O)CS[C@@H]2C(NC(=O)C(O)c3ccccc3)C(=O)N2C1. The molecule has 2 aromatic rings. The second-order valence-corrected chi connectivity index (χ2v) is 9.79. The number of hydrogen-bond acceptors (Lipinski definition) is 8. The number of aliphatic carboxylic acids is 1. The molecule has 2 aliphatic heterocycles. The summed E-state index contributed by atoms with van der Waals surface area (Å²) in [7, 11) is 0. The molecule has 12 heteroatoms. The molecule has 2 saturated heterocycles. The molecule has 0 spiro atoms. The van der Waals surface area contributed by atoms with Crippen LogP contribution in [0.2, 0.25) is 0 Å². The van der Waals surface area contributed by atoms with Gasteiger partial charge in [0, 0.05) is 24.6 Å². The van der Waals surface area contributed by atoms with Crippen molar-refractivity contribution >= 4 is 41.3 Å². The summed E-state index contributed by atoms with van der Waals surface area (Å²) in [5, 5.41) is 31.0. The fraction of sp³-hybridized carbons (Fsp3) is 0.450. The third-order valence-electron chi connectivity index (χ3n) is 5.66. The summed E-state index contributed by atoms with van der Waals surface area (Å²) in [6.07, 6.45) is 0.217. The van der Waals surface area contributed by atoms with Crippen LogP contribution < -0.4 is 5.32 Å². The first-order chi connectivity index (χ1) is 15.4. The summed E-state index contributed by atoms with van der Waals surface area (Å²) in [6.45, 7) is 2.68. The largest absolute Gasteiger partial charge is 0.481 e. The molecule has 0 bridgehead atoms. The van der Waals surface area contributed by atoms with Crippen molar-refractivity contribution < 1.29 is 24.6 Å². The third-order valence-corrected chi connectivity index (χ3v) is 8.52. The van der Waals surface area contributed by atoms with Crippen LogP contribution in [0.5, 0.6) is 0 Å². The van der Waals surface area contributed by atoms with E-state index in [9.17, 15) is 24.6 Å². The van der Waals surface area contributed by atoms with Gasteiger partial charge in [-0.25, -0.2) is 0 Å². The summed E-state index contributed by atoms with van der Waals surface area (Å²) in [4.78, 5) is 38.8. The molecule has 0 saturated carbocycles. The van der Waals surface area contributed by atoms with Gasteiger partial charge in [-0.2, -0.15) is 0 Å². The number of benzene rings is 1. The number of carbonyl (C=O) groups is 3. The number of rotatable bonds is 8. The number of β-lactam (4-membered cyclic amide) rings is 1. The molecule has 0 radical (unpaired) electrons. The van der Waals surface area contributed by atoms with E-state index in [1.165, 1.54) is 28.4 Å². The molecule has 170 valence electrons. The van der Waals surface area contributed by atoms with Crippen molar-refractivity contribution in [1.29, 1.82) is 0 Å². The number of carboxylic acids is 1. The summed E-state index contributed by atoms with van der Waals surface area (Å²) in [5.74, 6) is -1.44. The summed E-state index contributed by atoms with van der Waals surface area (Å²) >= 11 is 2.64. The van der Waals surface area contributed by atoms with Gasteiger partial charge in [-0.1, -0.05) is 42.1 Å². The van der Waals surface area contributed by atoms with Crippen LogP contribution in [0.15, 0.2) is 41.8 Å². The Bertz CT molecular complexity index is 1020. The number of fused-ring (bicyclic) bond motifs is 1. The molecule has 0 aliphatic carbocycles. The van der Waals surface area contributed by atoms with E-state index in [4.69, 9.17) is 0 Å². The number of hydrogen-bond donors (Lipinski definition) is 3. The quantitative estimate of drug-likeness (QED) is 0.368. The zero-order valence-corrected chi connectivity index (χ0v) is 18.9. The number of nitrogens with one attached hydrogen (secondary N) is 1. The minimum Gasteiger partial charge on any atom is -0.481 e. The number of nitrogens with zero attached hydrogens (tertiary/aromatic N) is 4. The van der Waals surface area contributed by atoms with Crippen molar-refractivity contribution in [3.8, 4) is 0 Å². The van der Waals surface area contributed by atoms with E-state index in [0.29, 0.717) is 17.3 Å². The standard InChI is InChI=1S/C20H23N5O5S2/c1-2-24-11-21-23-19(24)32-10-20(18(29)30)8-25-16(28)13(17(25)31-9-20)22-15(27)14(26)12-6-4-3-5-7-12/h3-7,11,13-14,17,26H,2,8-10H2,1H3,(H,22,27)(H,29,30)/t13?,14?,17-,20?/m1/s1. The van der Waals surface area contributed by atoms with Gasteiger partial charge in [0.1, 0.15) is 23.2 Å². The first-order valence-corrected chi connectivity index (χ1v) is 12.1. The highest BCUT2D eigenvalue weighted by atomic mass is 32.2. The first kappa shape index (κ1) is 22.6. The van der Waals surface area contributed by atoms with E-state index >= 15 is 0 Å². The van der Waals surface area contributed by atoms with Gasteiger partial charge in [0.05, 0.1) is 0 Å². The van der Waals surface area contributed by atoms with Crippen molar-refractivity contribution in [1.82, 2.24) is 25.0 Å². The predicted octanol–water partition coefficient (Wildman–Crippen LogP) is 0.595. The predicted molar refractivity (Wildman–Crippen MR) is 118 cm³/mol.